The van der Waals surface area contributed by atoms with Gasteiger partial charge in [-0.3, -0.25) is 4.79 Å². The smallest absolute Gasteiger partial charge is 0.279 e. The van der Waals surface area contributed by atoms with Crippen molar-refractivity contribution in [3.05, 3.63) is 50.7 Å². The fourth-order valence-electron chi connectivity index (χ4n) is 3.02. The summed E-state index contributed by atoms with van der Waals surface area (Å²) in [5.74, 6) is 0.802. The number of hydrogen-bond acceptors (Lipinski definition) is 5. The highest BCUT2D eigenvalue weighted by Gasteiger charge is 2.17. The second-order valence-corrected chi connectivity index (χ2v) is 8.01. The molecule has 0 fully saturated rings. The van der Waals surface area contributed by atoms with Gasteiger partial charge in [-0.05, 0) is 37.3 Å². The van der Waals surface area contributed by atoms with E-state index in [1.54, 1.807) is 24.3 Å². The quantitative estimate of drug-likeness (QED) is 0.532. The summed E-state index contributed by atoms with van der Waals surface area (Å²) >= 11 is 14.0. The number of halogens is 2. The summed E-state index contributed by atoms with van der Waals surface area (Å²) < 4.78 is 19.3. The lowest BCUT2D eigenvalue weighted by Crippen LogP contribution is -2.20. The summed E-state index contributed by atoms with van der Waals surface area (Å²) in [5.41, 5.74) is 1.17. The van der Waals surface area contributed by atoms with Crippen LogP contribution in [-0.4, -0.2) is 36.9 Å². The number of rotatable bonds is 5. The highest BCUT2D eigenvalue weighted by Crippen LogP contribution is 2.33. The Morgan fingerprint density at radius 3 is 2.79 bits per heavy atom. The van der Waals surface area contributed by atoms with Gasteiger partial charge >= 0.3 is 0 Å². The van der Waals surface area contributed by atoms with E-state index in [4.69, 9.17) is 37.4 Å². The van der Waals surface area contributed by atoms with Crippen LogP contribution in [0.3, 0.4) is 0 Å². The van der Waals surface area contributed by atoms with Crippen LogP contribution >= 0.6 is 34.5 Å². The van der Waals surface area contributed by atoms with Crippen molar-refractivity contribution in [1.29, 1.82) is 0 Å². The van der Waals surface area contributed by atoms with Gasteiger partial charge in [0.15, 0.2) is 16.3 Å². The minimum Gasteiger partial charge on any atom is -0.486 e. The number of aromatic nitrogens is 1. The van der Waals surface area contributed by atoms with E-state index < -0.39 is 0 Å². The molecule has 1 amide bonds. The van der Waals surface area contributed by atoms with Gasteiger partial charge in [-0.1, -0.05) is 34.5 Å². The minimum absolute atomic E-state index is 0.374. The van der Waals surface area contributed by atoms with Crippen molar-refractivity contribution in [2.45, 2.75) is 13.5 Å². The van der Waals surface area contributed by atoms with Crippen LogP contribution in [0.2, 0.25) is 10.0 Å². The highest BCUT2D eigenvalue weighted by molar-refractivity contribution is 7.16. The maximum Gasteiger partial charge on any atom is 0.279 e. The molecule has 0 spiro atoms. The number of fused-ring (bicyclic) bond motifs is 2. The normalized spacial score (nSPS) is 13.8. The van der Waals surface area contributed by atoms with Gasteiger partial charge in [-0.15, -0.1) is 0 Å². The molecule has 0 saturated carbocycles. The molecule has 152 valence electrons. The van der Waals surface area contributed by atoms with Crippen molar-refractivity contribution >= 4 is 50.7 Å². The van der Waals surface area contributed by atoms with Gasteiger partial charge in [-0.2, -0.15) is 4.99 Å². The van der Waals surface area contributed by atoms with Crippen LogP contribution in [0.25, 0.3) is 10.2 Å². The lowest BCUT2D eigenvalue weighted by atomic mass is 10.2. The highest BCUT2D eigenvalue weighted by atomic mass is 35.5. The van der Waals surface area contributed by atoms with Crippen LogP contribution in [0.4, 0.5) is 0 Å². The molecule has 2 aromatic carbocycles. The molecule has 9 heteroatoms. The maximum atomic E-state index is 12.9. The van der Waals surface area contributed by atoms with Crippen molar-refractivity contribution in [2.75, 3.05) is 26.4 Å². The fraction of sp³-hybridized carbons (Fsp3) is 0.300. The van der Waals surface area contributed by atoms with E-state index in [0.717, 1.165) is 10.2 Å². The van der Waals surface area contributed by atoms with Crippen LogP contribution < -0.4 is 14.3 Å². The zero-order valence-electron chi connectivity index (χ0n) is 15.6. The molecule has 1 aliphatic rings. The van der Waals surface area contributed by atoms with Crippen LogP contribution in [0.1, 0.15) is 17.3 Å². The second-order valence-electron chi connectivity index (χ2n) is 6.22. The third-order valence-electron chi connectivity index (χ3n) is 4.38. The van der Waals surface area contributed by atoms with Gasteiger partial charge in [0.05, 0.1) is 26.9 Å². The van der Waals surface area contributed by atoms with E-state index in [1.807, 2.05) is 17.6 Å². The zero-order valence-corrected chi connectivity index (χ0v) is 17.9. The number of carbonyl (C=O) groups is 1. The molecule has 0 saturated heterocycles. The minimum atomic E-state index is -0.374. The van der Waals surface area contributed by atoms with E-state index >= 15 is 0 Å². The van der Waals surface area contributed by atoms with Crippen molar-refractivity contribution in [2.24, 2.45) is 4.99 Å². The molecule has 1 aliphatic heterocycles. The number of carbonyl (C=O) groups excluding carboxylic acids is 1. The molecule has 0 aliphatic carbocycles. The predicted octanol–water partition coefficient (Wildman–Crippen LogP) is 4.56. The SMILES string of the molecule is CCOCCn1c(=NC(=O)c2ccc3c(c2)OCCO3)sc2ccc(Cl)c(Cl)c21. The van der Waals surface area contributed by atoms with Crippen LogP contribution in [0, 0.1) is 0 Å². The monoisotopic (exact) mass is 452 g/mol. The standard InChI is InChI=1S/C20H18Cl2N2O4S/c1-2-26-8-7-24-18-16(6-4-13(21)17(18)22)29-20(24)23-19(25)12-3-5-14-15(11-12)28-10-9-27-14/h3-6,11H,2,7-10H2,1H3. The maximum absolute atomic E-state index is 12.9. The molecule has 0 N–H and O–H groups in total. The van der Waals surface area contributed by atoms with Gasteiger partial charge in [0.2, 0.25) is 0 Å². The first-order valence-electron chi connectivity index (χ1n) is 9.12. The van der Waals surface area contributed by atoms with E-state index in [0.29, 0.717) is 64.9 Å². The second kappa shape index (κ2) is 8.75. The summed E-state index contributed by atoms with van der Waals surface area (Å²) in [6, 6.07) is 8.67. The molecule has 6 nitrogen and oxygen atoms in total. The Balaban J connectivity index is 1.77. The first-order chi connectivity index (χ1) is 14.1. The van der Waals surface area contributed by atoms with Gasteiger partial charge in [-0.25, -0.2) is 0 Å². The lowest BCUT2D eigenvalue weighted by molar-refractivity contribution is 0.0995. The molecule has 29 heavy (non-hydrogen) atoms. The lowest BCUT2D eigenvalue weighted by Gasteiger charge is -2.18. The first kappa shape index (κ1) is 20.2. The Hall–Kier alpha value is -2.06. The Labute approximate surface area is 181 Å². The average molecular weight is 453 g/mol. The van der Waals surface area contributed by atoms with Crippen molar-refractivity contribution in [3.63, 3.8) is 0 Å². The molecule has 0 unspecified atom stereocenters. The number of benzene rings is 2. The number of ether oxygens (including phenoxy) is 3. The third-order valence-corrected chi connectivity index (χ3v) is 6.22. The van der Waals surface area contributed by atoms with Crippen LogP contribution in [-0.2, 0) is 11.3 Å². The predicted molar refractivity (Wildman–Crippen MR) is 114 cm³/mol. The summed E-state index contributed by atoms with van der Waals surface area (Å²) in [4.78, 5) is 17.7. The number of nitrogens with zero attached hydrogens (tertiary/aromatic N) is 2. The summed E-state index contributed by atoms with van der Waals surface area (Å²) in [6.45, 7) is 4.44. The molecule has 3 aromatic rings. The zero-order chi connectivity index (χ0) is 20.4. The fourth-order valence-corrected chi connectivity index (χ4v) is 4.56. The van der Waals surface area contributed by atoms with Gasteiger partial charge in [0, 0.05) is 18.7 Å². The van der Waals surface area contributed by atoms with Crippen LogP contribution in [0.15, 0.2) is 35.3 Å². The third kappa shape index (κ3) is 4.14. The van der Waals surface area contributed by atoms with Gasteiger partial charge < -0.3 is 18.8 Å². The van der Waals surface area contributed by atoms with Crippen molar-refractivity contribution < 1.29 is 19.0 Å². The van der Waals surface area contributed by atoms with Crippen molar-refractivity contribution in [1.82, 2.24) is 4.57 Å². The Morgan fingerprint density at radius 2 is 2.00 bits per heavy atom. The largest absolute Gasteiger partial charge is 0.486 e. The number of hydrogen-bond donors (Lipinski definition) is 0. The molecule has 0 atom stereocenters. The molecule has 4 rings (SSSR count). The molecule has 0 bridgehead atoms. The molecule has 2 heterocycles. The number of thiazole rings is 1. The molecule has 1 aromatic heterocycles. The van der Waals surface area contributed by atoms with Gasteiger partial charge in [0.25, 0.3) is 5.91 Å². The first-order valence-corrected chi connectivity index (χ1v) is 10.7. The van der Waals surface area contributed by atoms with Gasteiger partial charge in [0.1, 0.15) is 13.2 Å². The van der Waals surface area contributed by atoms with Crippen LogP contribution in [0.5, 0.6) is 11.5 Å². The van der Waals surface area contributed by atoms with E-state index in [2.05, 4.69) is 4.99 Å². The Kier molecular flexibility index (Phi) is 6.10. The Morgan fingerprint density at radius 1 is 1.21 bits per heavy atom. The average Bonchev–Trinajstić information content (AvgIpc) is 3.08. The summed E-state index contributed by atoms with van der Waals surface area (Å²) in [6.07, 6.45) is 0. The summed E-state index contributed by atoms with van der Waals surface area (Å²) in [7, 11) is 0. The Bertz CT molecular complexity index is 1140. The topological polar surface area (TPSA) is 62.1 Å². The molecular weight excluding hydrogens is 435 g/mol. The number of amides is 1. The van der Waals surface area contributed by atoms with E-state index in [-0.39, 0.29) is 5.91 Å². The molecular formula is C20H18Cl2N2O4S. The summed E-state index contributed by atoms with van der Waals surface area (Å²) in [5, 5.41) is 0.886. The molecule has 0 radical (unpaired) electrons. The van der Waals surface area contributed by atoms with E-state index in [1.165, 1.54) is 11.3 Å². The van der Waals surface area contributed by atoms with E-state index in [9.17, 15) is 4.79 Å². The van der Waals surface area contributed by atoms with Crippen molar-refractivity contribution in [3.8, 4) is 11.5 Å².